The number of pyridine rings is 1. The minimum atomic E-state index is -3.44. The van der Waals surface area contributed by atoms with E-state index >= 15 is 0 Å². The lowest BCUT2D eigenvalue weighted by Gasteiger charge is -2.13. The van der Waals surface area contributed by atoms with Gasteiger partial charge in [0, 0.05) is 11.9 Å². The van der Waals surface area contributed by atoms with Gasteiger partial charge < -0.3 is 5.11 Å². The van der Waals surface area contributed by atoms with Gasteiger partial charge in [-0.1, -0.05) is 69.0 Å². The molecular formula is C28H35NO3S. The third-order valence-corrected chi connectivity index (χ3v) is 7.75. The molecule has 0 unspecified atom stereocenters. The lowest BCUT2D eigenvalue weighted by atomic mass is 9.93. The summed E-state index contributed by atoms with van der Waals surface area (Å²) in [6.45, 7) is 1.87. The highest BCUT2D eigenvalue weighted by Gasteiger charge is 2.14. The molecule has 0 fully saturated rings. The summed E-state index contributed by atoms with van der Waals surface area (Å²) < 4.78 is 24.4. The van der Waals surface area contributed by atoms with Crippen LogP contribution in [0, 0.1) is 0 Å². The SMILES string of the molecule is CCCCCCCc1ccc(-c2ccc(S(=O)(=O)CCO)cc2)cc1CCc1ccccn1. The Labute approximate surface area is 198 Å². The lowest BCUT2D eigenvalue weighted by molar-refractivity contribution is 0.319. The molecule has 4 nitrogen and oxygen atoms in total. The predicted octanol–water partition coefficient (Wildman–Crippen LogP) is 5.81. The molecule has 1 aromatic heterocycles. The Morgan fingerprint density at radius 3 is 2.24 bits per heavy atom. The Kier molecular flexibility index (Phi) is 9.64. The Balaban J connectivity index is 1.80. The van der Waals surface area contributed by atoms with Crippen LogP contribution in [0.5, 0.6) is 0 Å². The van der Waals surface area contributed by atoms with Gasteiger partial charge in [-0.2, -0.15) is 0 Å². The van der Waals surface area contributed by atoms with E-state index in [2.05, 4.69) is 36.2 Å². The summed E-state index contributed by atoms with van der Waals surface area (Å²) in [5.41, 5.74) is 5.91. The number of hydrogen-bond acceptors (Lipinski definition) is 4. The van der Waals surface area contributed by atoms with Gasteiger partial charge in [0.15, 0.2) is 9.84 Å². The molecule has 33 heavy (non-hydrogen) atoms. The molecule has 0 spiro atoms. The smallest absolute Gasteiger partial charge is 0.180 e. The van der Waals surface area contributed by atoms with Crippen LogP contribution in [0.2, 0.25) is 0 Å². The topological polar surface area (TPSA) is 67.3 Å². The van der Waals surface area contributed by atoms with Crippen LogP contribution in [0.15, 0.2) is 71.8 Å². The van der Waals surface area contributed by atoms with E-state index in [4.69, 9.17) is 5.11 Å². The molecule has 0 aliphatic rings. The van der Waals surface area contributed by atoms with Crippen LogP contribution in [-0.2, 0) is 29.1 Å². The summed E-state index contributed by atoms with van der Waals surface area (Å²) in [7, 11) is -3.44. The molecule has 0 aliphatic carbocycles. The fourth-order valence-corrected chi connectivity index (χ4v) is 5.13. The molecule has 3 rings (SSSR count). The second-order valence-electron chi connectivity index (χ2n) is 8.54. The number of hydrogen-bond donors (Lipinski definition) is 1. The molecule has 176 valence electrons. The van der Waals surface area contributed by atoms with Crippen molar-refractivity contribution >= 4 is 9.84 Å². The van der Waals surface area contributed by atoms with Crippen molar-refractivity contribution in [2.75, 3.05) is 12.4 Å². The van der Waals surface area contributed by atoms with E-state index in [0.717, 1.165) is 36.1 Å². The molecule has 3 aromatic rings. The Bertz CT molecular complexity index is 1090. The average Bonchev–Trinajstić information content (AvgIpc) is 2.84. The van der Waals surface area contributed by atoms with Gasteiger partial charge in [0.05, 0.1) is 17.3 Å². The number of nitrogens with zero attached hydrogens (tertiary/aromatic N) is 1. The van der Waals surface area contributed by atoms with Crippen molar-refractivity contribution in [3.05, 3.63) is 83.7 Å². The van der Waals surface area contributed by atoms with Crippen LogP contribution in [0.1, 0.15) is 55.8 Å². The quantitative estimate of drug-likeness (QED) is 0.323. The van der Waals surface area contributed by atoms with Crippen LogP contribution < -0.4 is 0 Å². The second kappa shape index (κ2) is 12.7. The van der Waals surface area contributed by atoms with Crippen LogP contribution >= 0.6 is 0 Å². The summed E-state index contributed by atoms with van der Waals surface area (Å²) in [5, 5.41) is 9.01. The summed E-state index contributed by atoms with van der Waals surface area (Å²) in [6, 6.07) is 19.6. The van der Waals surface area contributed by atoms with Crippen molar-refractivity contribution in [2.45, 2.75) is 63.2 Å². The molecule has 0 aliphatic heterocycles. The lowest BCUT2D eigenvalue weighted by Crippen LogP contribution is -2.09. The molecule has 1 heterocycles. The molecule has 0 amide bonds. The largest absolute Gasteiger partial charge is 0.395 e. The summed E-state index contributed by atoms with van der Waals surface area (Å²) in [4.78, 5) is 4.72. The number of rotatable bonds is 13. The first kappa shape index (κ1) is 25.1. The van der Waals surface area contributed by atoms with Crippen LogP contribution in [0.4, 0.5) is 0 Å². The zero-order valence-corrected chi connectivity index (χ0v) is 20.4. The number of unbranched alkanes of at least 4 members (excludes halogenated alkanes) is 4. The summed E-state index contributed by atoms with van der Waals surface area (Å²) in [6.07, 6.45) is 11.1. The van der Waals surface area contributed by atoms with Gasteiger partial charge in [0.2, 0.25) is 0 Å². The Morgan fingerprint density at radius 1 is 0.788 bits per heavy atom. The molecule has 0 atom stereocenters. The highest BCUT2D eigenvalue weighted by atomic mass is 32.2. The van der Waals surface area contributed by atoms with Gasteiger partial charge >= 0.3 is 0 Å². The number of aliphatic hydroxyl groups excluding tert-OH is 1. The number of aryl methyl sites for hydroxylation is 3. The number of benzene rings is 2. The van der Waals surface area contributed by atoms with Crippen molar-refractivity contribution in [1.82, 2.24) is 4.98 Å². The van der Waals surface area contributed by atoms with Gasteiger partial charge in [-0.15, -0.1) is 0 Å². The highest BCUT2D eigenvalue weighted by Crippen LogP contribution is 2.26. The maximum Gasteiger partial charge on any atom is 0.180 e. The highest BCUT2D eigenvalue weighted by molar-refractivity contribution is 7.91. The van der Waals surface area contributed by atoms with E-state index in [1.54, 1.807) is 12.1 Å². The third kappa shape index (κ3) is 7.51. The van der Waals surface area contributed by atoms with Crippen molar-refractivity contribution in [1.29, 1.82) is 0 Å². The van der Waals surface area contributed by atoms with Gasteiger partial charge in [-0.25, -0.2) is 8.42 Å². The minimum absolute atomic E-state index is 0.249. The fraction of sp³-hybridized carbons (Fsp3) is 0.393. The molecule has 0 radical (unpaired) electrons. The first-order valence-electron chi connectivity index (χ1n) is 12.0. The molecular weight excluding hydrogens is 430 g/mol. The second-order valence-corrected chi connectivity index (χ2v) is 10.6. The Hall–Kier alpha value is -2.50. The van der Waals surface area contributed by atoms with Crippen molar-refractivity contribution in [2.24, 2.45) is 0 Å². The normalized spacial score (nSPS) is 11.6. The van der Waals surface area contributed by atoms with Gasteiger partial charge in [-0.05, 0) is 72.2 Å². The third-order valence-electron chi connectivity index (χ3n) is 6.04. The molecule has 0 saturated heterocycles. The maximum atomic E-state index is 12.2. The summed E-state index contributed by atoms with van der Waals surface area (Å²) in [5.74, 6) is -0.253. The van der Waals surface area contributed by atoms with Crippen molar-refractivity contribution in [3.63, 3.8) is 0 Å². The van der Waals surface area contributed by atoms with Crippen LogP contribution in [-0.4, -0.2) is 30.9 Å². The van der Waals surface area contributed by atoms with E-state index in [9.17, 15) is 8.42 Å². The Morgan fingerprint density at radius 2 is 1.55 bits per heavy atom. The first-order chi connectivity index (χ1) is 16.0. The average molecular weight is 466 g/mol. The standard InChI is InChI=1S/C28H35NO3S/c1-2-3-4-5-6-9-23-11-12-25(22-26(23)13-16-27-10-7-8-19-29-27)24-14-17-28(18-15-24)33(31,32)21-20-30/h7-8,10-12,14-15,17-19,22,30H,2-6,9,13,16,20-21H2,1H3. The van der Waals surface area contributed by atoms with Gasteiger partial charge in [0.1, 0.15) is 0 Å². The number of sulfone groups is 1. The van der Waals surface area contributed by atoms with E-state index < -0.39 is 9.84 Å². The molecule has 1 N–H and O–H groups in total. The minimum Gasteiger partial charge on any atom is -0.395 e. The zero-order chi connectivity index (χ0) is 23.5. The van der Waals surface area contributed by atoms with Gasteiger partial charge in [-0.3, -0.25) is 4.98 Å². The monoisotopic (exact) mass is 465 g/mol. The van der Waals surface area contributed by atoms with E-state index in [0.29, 0.717) is 0 Å². The van der Waals surface area contributed by atoms with Crippen molar-refractivity contribution < 1.29 is 13.5 Å². The fourth-order valence-electron chi connectivity index (χ4n) is 4.10. The number of aliphatic hydroxyl groups is 1. The van der Waals surface area contributed by atoms with Crippen LogP contribution in [0.3, 0.4) is 0 Å². The van der Waals surface area contributed by atoms with Gasteiger partial charge in [0.25, 0.3) is 0 Å². The maximum absolute atomic E-state index is 12.2. The van der Waals surface area contributed by atoms with Crippen molar-refractivity contribution in [3.8, 4) is 11.1 Å². The van der Waals surface area contributed by atoms with E-state index in [1.807, 2.05) is 30.5 Å². The predicted molar refractivity (Wildman–Crippen MR) is 135 cm³/mol. The molecule has 0 bridgehead atoms. The first-order valence-corrected chi connectivity index (χ1v) is 13.6. The number of aromatic nitrogens is 1. The molecule has 2 aromatic carbocycles. The molecule has 0 saturated carbocycles. The van der Waals surface area contributed by atoms with E-state index in [1.165, 1.54) is 43.2 Å². The van der Waals surface area contributed by atoms with E-state index in [-0.39, 0.29) is 17.3 Å². The zero-order valence-electron chi connectivity index (χ0n) is 19.5. The summed E-state index contributed by atoms with van der Waals surface area (Å²) >= 11 is 0. The molecule has 5 heteroatoms. The van der Waals surface area contributed by atoms with Crippen LogP contribution in [0.25, 0.3) is 11.1 Å².